The lowest BCUT2D eigenvalue weighted by Gasteiger charge is -2.27. The lowest BCUT2D eigenvalue weighted by molar-refractivity contribution is -0.141. The van der Waals surface area contributed by atoms with Gasteiger partial charge in [-0.25, -0.2) is 9.97 Å². The molecule has 4 rings (SSSR count). The van der Waals surface area contributed by atoms with Crippen LogP contribution in [-0.4, -0.2) is 39.3 Å². The molecule has 0 spiro atoms. The normalized spacial score (nSPS) is 16.4. The summed E-state index contributed by atoms with van der Waals surface area (Å²) in [6.45, 7) is 1.13. The molecule has 31 heavy (non-hydrogen) atoms. The first kappa shape index (κ1) is 21.0. The number of ether oxygens (including phenoxy) is 1. The van der Waals surface area contributed by atoms with Crippen molar-refractivity contribution in [3.05, 3.63) is 66.1 Å². The number of para-hydroxylation sites is 1. The Bertz CT molecular complexity index is 1020. The van der Waals surface area contributed by atoms with Crippen molar-refractivity contribution >= 4 is 5.82 Å². The van der Waals surface area contributed by atoms with Crippen LogP contribution in [0.1, 0.15) is 24.1 Å². The van der Waals surface area contributed by atoms with Crippen LogP contribution in [0.4, 0.5) is 19.0 Å². The summed E-state index contributed by atoms with van der Waals surface area (Å²) < 4.78 is 46.6. The summed E-state index contributed by atoms with van der Waals surface area (Å²) in [6.07, 6.45) is -0.111. The zero-order valence-electron chi connectivity index (χ0n) is 16.6. The molecular weight excluding hydrogens is 409 g/mol. The highest BCUT2D eigenvalue weighted by molar-refractivity contribution is 5.57. The van der Waals surface area contributed by atoms with Crippen molar-refractivity contribution in [1.29, 1.82) is 0 Å². The predicted molar refractivity (Wildman–Crippen MR) is 108 cm³/mol. The number of pyridine rings is 1. The van der Waals surface area contributed by atoms with E-state index < -0.39 is 11.9 Å². The molecule has 0 amide bonds. The molecule has 1 aromatic carbocycles. The van der Waals surface area contributed by atoms with Crippen molar-refractivity contribution in [2.45, 2.75) is 31.7 Å². The van der Waals surface area contributed by atoms with E-state index in [1.165, 1.54) is 12.4 Å². The smallest absolute Gasteiger partial charge is 0.433 e. The molecule has 1 aliphatic heterocycles. The lowest BCUT2D eigenvalue weighted by atomic mass is 10.1. The number of benzene rings is 1. The van der Waals surface area contributed by atoms with Gasteiger partial charge in [-0.15, -0.1) is 0 Å². The van der Waals surface area contributed by atoms with E-state index in [2.05, 4.69) is 15.0 Å². The SMILES string of the molecule is Oc1ccccc1CN(C[C@@H]1CCCO1)c1cc(C(F)(F)F)nc(-c2cccnc2)n1. The first-order valence-corrected chi connectivity index (χ1v) is 9.90. The fourth-order valence-electron chi connectivity index (χ4n) is 3.49. The molecule has 0 unspecified atom stereocenters. The van der Waals surface area contributed by atoms with Gasteiger partial charge in [0.2, 0.25) is 0 Å². The number of alkyl halides is 3. The number of hydrogen-bond donors (Lipinski definition) is 1. The standard InChI is InChI=1S/C22H21F3N4O2/c23-22(24,25)19-11-20(28-21(27-19)15-6-3-9-26-12-15)29(14-17-7-4-10-31-17)13-16-5-1-2-8-18(16)30/h1-3,5-6,8-9,11-12,17,30H,4,7,10,13-14H2/t17-/m0/s1. The molecule has 3 aromatic rings. The number of anilines is 1. The number of hydrogen-bond acceptors (Lipinski definition) is 6. The van der Waals surface area contributed by atoms with Gasteiger partial charge in [0.15, 0.2) is 11.5 Å². The van der Waals surface area contributed by atoms with Gasteiger partial charge in [-0.3, -0.25) is 4.98 Å². The average molecular weight is 430 g/mol. The van der Waals surface area contributed by atoms with Crippen molar-refractivity contribution in [1.82, 2.24) is 15.0 Å². The molecule has 1 atom stereocenters. The third-order valence-corrected chi connectivity index (χ3v) is 5.05. The first-order valence-electron chi connectivity index (χ1n) is 9.90. The van der Waals surface area contributed by atoms with Gasteiger partial charge in [0.25, 0.3) is 0 Å². The van der Waals surface area contributed by atoms with Crippen molar-refractivity contribution in [2.24, 2.45) is 0 Å². The molecule has 2 aromatic heterocycles. The van der Waals surface area contributed by atoms with Crippen LogP contribution in [-0.2, 0) is 17.5 Å². The summed E-state index contributed by atoms with van der Waals surface area (Å²) in [5, 5.41) is 10.2. The second-order valence-corrected chi connectivity index (χ2v) is 7.32. The summed E-state index contributed by atoms with van der Waals surface area (Å²) in [5.74, 6) is 0.116. The van der Waals surface area contributed by atoms with Crippen LogP contribution < -0.4 is 4.90 Å². The largest absolute Gasteiger partial charge is 0.508 e. The minimum absolute atomic E-state index is 0.0625. The Morgan fingerprint density at radius 2 is 1.97 bits per heavy atom. The van der Waals surface area contributed by atoms with Crippen LogP contribution in [0.2, 0.25) is 0 Å². The van der Waals surface area contributed by atoms with Crippen LogP contribution in [0.5, 0.6) is 5.75 Å². The summed E-state index contributed by atoms with van der Waals surface area (Å²) in [7, 11) is 0. The molecule has 1 N–H and O–H groups in total. The van der Waals surface area contributed by atoms with Crippen LogP contribution in [0.3, 0.4) is 0 Å². The van der Waals surface area contributed by atoms with E-state index in [1.54, 1.807) is 41.3 Å². The van der Waals surface area contributed by atoms with Crippen molar-refractivity contribution < 1.29 is 23.0 Å². The van der Waals surface area contributed by atoms with Crippen LogP contribution >= 0.6 is 0 Å². The van der Waals surface area contributed by atoms with Crippen LogP contribution in [0.15, 0.2) is 54.9 Å². The molecule has 0 saturated carbocycles. The Hall–Kier alpha value is -3.20. The zero-order chi connectivity index (χ0) is 21.8. The number of nitrogens with zero attached hydrogens (tertiary/aromatic N) is 4. The molecule has 9 heteroatoms. The molecule has 1 saturated heterocycles. The van der Waals surface area contributed by atoms with Crippen LogP contribution in [0, 0.1) is 0 Å². The van der Waals surface area contributed by atoms with Gasteiger partial charge in [-0.05, 0) is 31.0 Å². The Kier molecular flexibility index (Phi) is 6.03. The number of phenols is 1. The number of aromatic nitrogens is 3. The van der Waals surface area contributed by atoms with Crippen LogP contribution in [0.25, 0.3) is 11.4 Å². The van der Waals surface area contributed by atoms with Gasteiger partial charge in [0.05, 0.1) is 6.10 Å². The molecule has 0 radical (unpaired) electrons. The molecule has 3 heterocycles. The Labute approximate surface area is 177 Å². The Morgan fingerprint density at radius 1 is 1.13 bits per heavy atom. The van der Waals surface area contributed by atoms with E-state index in [9.17, 15) is 18.3 Å². The highest BCUT2D eigenvalue weighted by Crippen LogP contribution is 2.33. The van der Waals surface area contributed by atoms with Gasteiger partial charge in [-0.2, -0.15) is 13.2 Å². The number of halogens is 3. The Morgan fingerprint density at radius 3 is 2.65 bits per heavy atom. The molecule has 0 bridgehead atoms. The van der Waals surface area contributed by atoms with Gasteiger partial charge in [0, 0.05) is 49.3 Å². The number of phenolic OH excluding ortho intramolecular Hbond substituents is 1. The van der Waals surface area contributed by atoms with Gasteiger partial charge in [0.1, 0.15) is 11.6 Å². The fraction of sp³-hybridized carbons (Fsp3) is 0.318. The first-order chi connectivity index (χ1) is 14.9. The minimum atomic E-state index is -4.64. The molecule has 1 fully saturated rings. The van der Waals surface area contributed by atoms with Crippen molar-refractivity contribution in [3.63, 3.8) is 0 Å². The molecule has 0 aliphatic carbocycles. The Balaban J connectivity index is 1.77. The molecule has 1 aliphatic rings. The topological polar surface area (TPSA) is 71.4 Å². The van der Waals surface area contributed by atoms with E-state index in [0.717, 1.165) is 18.9 Å². The van der Waals surface area contributed by atoms with E-state index in [-0.39, 0.29) is 30.0 Å². The number of aromatic hydroxyl groups is 1. The quantitative estimate of drug-likeness (QED) is 0.623. The summed E-state index contributed by atoms with van der Waals surface area (Å²) >= 11 is 0. The maximum Gasteiger partial charge on any atom is 0.433 e. The maximum atomic E-state index is 13.6. The highest BCUT2D eigenvalue weighted by atomic mass is 19.4. The molecule has 162 valence electrons. The highest BCUT2D eigenvalue weighted by Gasteiger charge is 2.35. The minimum Gasteiger partial charge on any atom is -0.508 e. The molecule has 6 nitrogen and oxygen atoms in total. The van der Waals surface area contributed by atoms with Crippen molar-refractivity contribution in [2.75, 3.05) is 18.1 Å². The van der Waals surface area contributed by atoms with Gasteiger partial charge < -0.3 is 14.7 Å². The third-order valence-electron chi connectivity index (χ3n) is 5.05. The van der Waals surface area contributed by atoms with E-state index in [1.807, 2.05) is 0 Å². The summed E-state index contributed by atoms with van der Waals surface area (Å²) in [4.78, 5) is 13.8. The second-order valence-electron chi connectivity index (χ2n) is 7.32. The predicted octanol–water partition coefficient (Wildman–Crippen LogP) is 4.45. The lowest BCUT2D eigenvalue weighted by Crippen LogP contribution is -2.33. The zero-order valence-corrected chi connectivity index (χ0v) is 16.6. The van der Waals surface area contributed by atoms with E-state index in [0.29, 0.717) is 24.3 Å². The summed E-state index contributed by atoms with van der Waals surface area (Å²) in [5.41, 5.74) is -0.0731. The van der Waals surface area contributed by atoms with E-state index in [4.69, 9.17) is 4.74 Å². The average Bonchev–Trinajstić information content (AvgIpc) is 3.28. The monoisotopic (exact) mass is 430 g/mol. The van der Waals surface area contributed by atoms with Crippen molar-refractivity contribution in [3.8, 4) is 17.1 Å². The third kappa shape index (κ3) is 5.11. The second kappa shape index (κ2) is 8.89. The van der Waals surface area contributed by atoms with Gasteiger partial charge in [-0.1, -0.05) is 18.2 Å². The molecular formula is C22H21F3N4O2. The summed E-state index contributed by atoms with van der Waals surface area (Å²) in [6, 6.07) is 10.9. The number of rotatable bonds is 6. The maximum absolute atomic E-state index is 13.6. The van der Waals surface area contributed by atoms with Gasteiger partial charge >= 0.3 is 6.18 Å². The van der Waals surface area contributed by atoms with E-state index >= 15 is 0 Å². The fourth-order valence-corrected chi connectivity index (χ4v) is 3.49.